The minimum atomic E-state index is -5.26. The normalized spacial score (nSPS) is 23.7. The number of alkyl halides is 3. The lowest BCUT2D eigenvalue weighted by atomic mass is 10.3. The molecule has 9 heteroatoms. The molecular weight excluding hydrogens is 233 g/mol. The summed E-state index contributed by atoms with van der Waals surface area (Å²) in [5.74, 6) is -6.69. The molecule has 0 saturated heterocycles. The highest BCUT2D eigenvalue weighted by Gasteiger charge is 2.50. The van der Waals surface area contributed by atoms with Crippen LogP contribution >= 0.6 is 0 Å². The molecule has 1 amide bonds. The number of carbonyl (C=O) groups excluding carboxylic acids is 2. The second kappa shape index (κ2) is 3.83. The molecule has 0 spiro atoms. The van der Waals surface area contributed by atoms with Crippen LogP contribution in [0.3, 0.4) is 0 Å². The maximum atomic E-state index is 11.9. The number of nitrogens with two attached hydrogens (primary N) is 1. The van der Waals surface area contributed by atoms with Crippen molar-refractivity contribution in [2.45, 2.75) is 12.0 Å². The van der Waals surface area contributed by atoms with Gasteiger partial charge in [-0.05, 0) is 0 Å². The molecule has 0 bridgehead atoms. The highest BCUT2D eigenvalue weighted by molar-refractivity contribution is 6.01. The number of amides is 1. The van der Waals surface area contributed by atoms with E-state index in [0.29, 0.717) is 6.21 Å². The average Bonchev–Trinajstić information content (AvgIpc) is 2.17. The Bertz CT molecular complexity index is 376. The summed E-state index contributed by atoms with van der Waals surface area (Å²) in [7, 11) is 0. The second-order valence-corrected chi connectivity index (χ2v) is 2.60. The van der Waals surface area contributed by atoms with Crippen LogP contribution in [-0.4, -0.2) is 30.1 Å². The van der Waals surface area contributed by atoms with Crippen LogP contribution in [0, 0.1) is 0 Å². The number of hydrogen-bond donors (Lipinski definition) is 1. The zero-order valence-corrected chi connectivity index (χ0v) is 7.52. The zero-order valence-electron chi connectivity index (χ0n) is 7.52. The summed E-state index contributed by atoms with van der Waals surface area (Å²) < 4.78 is 44.0. The van der Waals surface area contributed by atoms with Gasteiger partial charge in [0.15, 0.2) is 0 Å². The standard InChI is InChI=1S/C7H5F3N2O4/c8-7(9,10)5(14)16-6(4(11)13)3-12-1-2-15-6/h1-3H,(H2,11,13). The van der Waals surface area contributed by atoms with Gasteiger partial charge < -0.3 is 15.2 Å². The van der Waals surface area contributed by atoms with Gasteiger partial charge in [0, 0.05) is 0 Å². The van der Waals surface area contributed by atoms with Gasteiger partial charge in [-0.15, -0.1) is 0 Å². The molecule has 16 heavy (non-hydrogen) atoms. The zero-order chi connectivity index (χ0) is 12.4. The Balaban J connectivity index is 2.90. The quantitative estimate of drug-likeness (QED) is 0.677. The molecule has 1 aliphatic heterocycles. The number of carbonyl (C=O) groups is 2. The number of ether oxygens (including phenoxy) is 2. The number of hydrogen-bond acceptors (Lipinski definition) is 5. The fraction of sp³-hybridized carbons (Fsp3) is 0.286. The van der Waals surface area contributed by atoms with Gasteiger partial charge in [-0.1, -0.05) is 0 Å². The number of nitrogens with zero attached hydrogens (tertiary/aromatic N) is 1. The van der Waals surface area contributed by atoms with E-state index in [4.69, 9.17) is 5.73 Å². The van der Waals surface area contributed by atoms with Crippen molar-refractivity contribution in [2.24, 2.45) is 10.7 Å². The Labute approximate surface area is 86.5 Å². The van der Waals surface area contributed by atoms with E-state index in [0.717, 1.165) is 12.5 Å². The van der Waals surface area contributed by atoms with Crippen molar-refractivity contribution in [1.82, 2.24) is 0 Å². The van der Waals surface area contributed by atoms with Gasteiger partial charge >= 0.3 is 23.8 Å². The molecule has 2 N–H and O–H groups in total. The van der Waals surface area contributed by atoms with E-state index in [-0.39, 0.29) is 0 Å². The molecule has 1 unspecified atom stereocenters. The van der Waals surface area contributed by atoms with Crippen LogP contribution in [-0.2, 0) is 19.1 Å². The summed E-state index contributed by atoms with van der Waals surface area (Å²) in [6.45, 7) is 0. The maximum absolute atomic E-state index is 11.9. The first-order valence-electron chi connectivity index (χ1n) is 3.75. The third-order valence-corrected chi connectivity index (χ3v) is 1.45. The predicted octanol–water partition coefficient (Wildman–Crippen LogP) is -0.154. The predicted molar refractivity (Wildman–Crippen MR) is 42.8 cm³/mol. The van der Waals surface area contributed by atoms with Crippen molar-refractivity contribution in [3.05, 3.63) is 12.5 Å². The molecule has 1 heterocycles. The number of halogens is 3. The third-order valence-electron chi connectivity index (χ3n) is 1.45. The van der Waals surface area contributed by atoms with Crippen LogP contribution in [0.2, 0.25) is 0 Å². The van der Waals surface area contributed by atoms with Gasteiger partial charge in [0.1, 0.15) is 6.26 Å². The van der Waals surface area contributed by atoms with Crippen LogP contribution in [0.1, 0.15) is 0 Å². The van der Waals surface area contributed by atoms with Crippen LogP contribution in [0.5, 0.6) is 0 Å². The lowest BCUT2D eigenvalue weighted by Crippen LogP contribution is -2.53. The fourth-order valence-corrected chi connectivity index (χ4v) is 0.756. The van der Waals surface area contributed by atoms with E-state index < -0.39 is 23.8 Å². The van der Waals surface area contributed by atoms with Gasteiger partial charge in [-0.2, -0.15) is 13.2 Å². The van der Waals surface area contributed by atoms with E-state index in [1.165, 1.54) is 0 Å². The summed E-state index contributed by atoms with van der Waals surface area (Å²) in [4.78, 5) is 24.7. The Morgan fingerprint density at radius 2 is 2.06 bits per heavy atom. The molecular formula is C7H5F3N2O4. The van der Waals surface area contributed by atoms with Crippen molar-refractivity contribution < 1.29 is 32.2 Å². The Kier molecular flexibility index (Phi) is 2.88. The molecule has 1 rings (SSSR count). The second-order valence-electron chi connectivity index (χ2n) is 2.60. The van der Waals surface area contributed by atoms with Crippen LogP contribution in [0.15, 0.2) is 17.5 Å². The SMILES string of the molecule is NC(=O)C1(OC(=O)C(F)(F)F)C=NC=CO1. The molecule has 0 aromatic carbocycles. The third kappa shape index (κ3) is 2.30. The van der Waals surface area contributed by atoms with Crippen LogP contribution in [0.4, 0.5) is 13.2 Å². The topological polar surface area (TPSA) is 91.0 Å². The molecule has 0 fully saturated rings. The number of rotatable bonds is 2. The highest BCUT2D eigenvalue weighted by atomic mass is 19.4. The van der Waals surface area contributed by atoms with Crippen molar-refractivity contribution in [3.8, 4) is 0 Å². The minimum absolute atomic E-state index is 0.555. The summed E-state index contributed by atoms with van der Waals surface area (Å²) in [6.07, 6.45) is -2.91. The molecule has 1 atom stereocenters. The number of primary amides is 1. The highest BCUT2D eigenvalue weighted by Crippen LogP contribution is 2.22. The average molecular weight is 238 g/mol. The molecule has 0 radical (unpaired) electrons. The summed E-state index contributed by atoms with van der Waals surface area (Å²) in [6, 6.07) is 0. The van der Waals surface area contributed by atoms with Gasteiger partial charge in [-0.25, -0.2) is 4.79 Å². The van der Waals surface area contributed by atoms with E-state index in [2.05, 4.69) is 14.5 Å². The Morgan fingerprint density at radius 1 is 1.44 bits per heavy atom. The van der Waals surface area contributed by atoms with E-state index in [1.54, 1.807) is 0 Å². The molecule has 0 aromatic heterocycles. The minimum Gasteiger partial charge on any atom is -0.446 e. The Morgan fingerprint density at radius 3 is 2.44 bits per heavy atom. The van der Waals surface area contributed by atoms with Crippen LogP contribution < -0.4 is 5.73 Å². The Hall–Kier alpha value is -2.06. The lowest BCUT2D eigenvalue weighted by Gasteiger charge is -2.26. The summed E-state index contributed by atoms with van der Waals surface area (Å²) in [5.41, 5.74) is 4.76. The maximum Gasteiger partial charge on any atom is 0.491 e. The largest absolute Gasteiger partial charge is 0.491 e. The van der Waals surface area contributed by atoms with Crippen molar-refractivity contribution >= 4 is 18.1 Å². The molecule has 88 valence electrons. The van der Waals surface area contributed by atoms with E-state index >= 15 is 0 Å². The first-order valence-corrected chi connectivity index (χ1v) is 3.75. The smallest absolute Gasteiger partial charge is 0.446 e. The molecule has 0 aromatic rings. The fourth-order valence-electron chi connectivity index (χ4n) is 0.756. The number of aliphatic imine (C=N–C) groups is 1. The molecule has 1 aliphatic rings. The molecule has 0 aliphatic carbocycles. The van der Waals surface area contributed by atoms with Gasteiger partial charge in [0.05, 0.1) is 12.4 Å². The van der Waals surface area contributed by atoms with Crippen molar-refractivity contribution in [1.29, 1.82) is 0 Å². The van der Waals surface area contributed by atoms with E-state index in [9.17, 15) is 22.8 Å². The first kappa shape index (κ1) is 12.0. The monoisotopic (exact) mass is 238 g/mol. The van der Waals surface area contributed by atoms with Gasteiger partial charge in [0.2, 0.25) is 0 Å². The van der Waals surface area contributed by atoms with Gasteiger partial charge in [-0.3, -0.25) is 9.79 Å². The molecule has 0 saturated carbocycles. The lowest BCUT2D eigenvalue weighted by molar-refractivity contribution is -0.228. The van der Waals surface area contributed by atoms with Crippen molar-refractivity contribution in [3.63, 3.8) is 0 Å². The molecule has 6 nitrogen and oxygen atoms in total. The summed E-state index contributed by atoms with van der Waals surface area (Å²) in [5, 5.41) is 0. The number of esters is 1. The van der Waals surface area contributed by atoms with E-state index in [1.807, 2.05) is 0 Å². The first-order chi connectivity index (χ1) is 7.28. The summed E-state index contributed by atoms with van der Waals surface area (Å²) >= 11 is 0. The van der Waals surface area contributed by atoms with Crippen molar-refractivity contribution in [2.75, 3.05) is 0 Å². The van der Waals surface area contributed by atoms with Crippen LogP contribution in [0.25, 0.3) is 0 Å². The van der Waals surface area contributed by atoms with Gasteiger partial charge in [0.25, 0.3) is 0 Å².